The van der Waals surface area contributed by atoms with E-state index in [2.05, 4.69) is 5.32 Å². The fourth-order valence-corrected chi connectivity index (χ4v) is 4.48. The van der Waals surface area contributed by atoms with Gasteiger partial charge in [-0.3, -0.25) is 0 Å². The van der Waals surface area contributed by atoms with Gasteiger partial charge in [-0.15, -0.1) is 0 Å². The zero-order chi connectivity index (χ0) is 14.0. The highest BCUT2D eigenvalue weighted by Gasteiger charge is 2.32. The van der Waals surface area contributed by atoms with Crippen LogP contribution in [0.2, 0.25) is 0 Å². The average Bonchev–Trinajstić information content (AvgIpc) is 2.39. The first-order valence-corrected chi connectivity index (χ1v) is 8.20. The van der Waals surface area contributed by atoms with E-state index in [1.54, 1.807) is 16.4 Å². The Labute approximate surface area is 115 Å². The number of nitrogens with one attached hydrogen (secondary N) is 1. The third-order valence-corrected chi connectivity index (χ3v) is 5.66. The summed E-state index contributed by atoms with van der Waals surface area (Å²) in [4.78, 5) is 0.457. The summed E-state index contributed by atoms with van der Waals surface area (Å²) < 4.78 is 27.3. The molecule has 0 saturated carbocycles. The minimum atomic E-state index is -3.39. The van der Waals surface area contributed by atoms with Gasteiger partial charge in [0.25, 0.3) is 0 Å². The summed E-state index contributed by atoms with van der Waals surface area (Å²) in [5.41, 5.74) is 0.897. The lowest BCUT2D eigenvalue weighted by Gasteiger charge is -2.33. The fourth-order valence-electron chi connectivity index (χ4n) is 2.50. The first-order valence-electron chi connectivity index (χ1n) is 6.76. The van der Waals surface area contributed by atoms with Crippen LogP contribution in [0, 0.1) is 0 Å². The lowest BCUT2D eigenvalue weighted by Crippen LogP contribution is -2.52. The van der Waals surface area contributed by atoms with Crippen LogP contribution in [0.5, 0.6) is 0 Å². The Hall–Kier alpha value is -0.910. The van der Waals surface area contributed by atoms with E-state index in [4.69, 9.17) is 0 Å². The molecule has 0 bridgehead atoms. The van der Waals surface area contributed by atoms with Crippen LogP contribution in [0.1, 0.15) is 32.3 Å². The largest absolute Gasteiger partial charge is 0.314 e. The molecule has 4 nitrogen and oxygen atoms in total. The van der Waals surface area contributed by atoms with Crippen LogP contribution in [0.4, 0.5) is 0 Å². The highest BCUT2D eigenvalue weighted by Crippen LogP contribution is 2.27. The lowest BCUT2D eigenvalue weighted by molar-refractivity contribution is 0.283. The zero-order valence-corrected chi connectivity index (χ0v) is 12.6. The van der Waals surface area contributed by atoms with Crippen molar-refractivity contribution in [1.29, 1.82) is 0 Å². The van der Waals surface area contributed by atoms with E-state index in [1.807, 2.05) is 32.9 Å². The molecule has 1 N–H and O–H groups in total. The SMILES string of the molecule is CC(C)c1ccccc1S(=O)(=O)N1CCNC[C@@H]1C. The van der Waals surface area contributed by atoms with Crippen LogP contribution >= 0.6 is 0 Å². The van der Waals surface area contributed by atoms with Crippen molar-refractivity contribution in [2.75, 3.05) is 19.6 Å². The van der Waals surface area contributed by atoms with Gasteiger partial charge in [0.05, 0.1) is 4.90 Å². The molecule has 1 fully saturated rings. The van der Waals surface area contributed by atoms with Gasteiger partial charge in [0.2, 0.25) is 10.0 Å². The molecule has 5 heteroatoms. The van der Waals surface area contributed by atoms with Crippen molar-refractivity contribution >= 4 is 10.0 Å². The summed E-state index contributed by atoms with van der Waals surface area (Å²) in [6.07, 6.45) is 0. The second kappa shape index (κ2) is 5.61. The molecule has 0 unspecified atom stereocenters. The predicted molar refractivity (Wildman–Crippen MR) is 76.8 cm³/mol. The number of piperazine rings is 1. The van der Waals surface area contributed by atoms with Gasteiger partial charge in [-0.05, 0) is 24.5 Å². The van der Waals surface area contributed by atoms with Crippen molar-refractivity contribution in [2.24, 2.45) is 0 Å². The molecule has 1 aromatic rings. The van der Waals surface area contributed by atoms with E-state index >= 15 is 0 Å². The van der Waals surface area contributed by atoms with E-state index in [1.165, 1.54) is 0 Å². The van der Waals surface area contributed by atoms with Crippen molar-refractivity contribution in [3.05, 3.63) is 29.8 Å². The van der Waals surface area contributed by atoms with Crippen LogP contribution < -0.4 is 5.32 Å². The Morgan fingerprint density at radius 3 is 2.63 bits per heavy atom. The van der Waals surface area contributed by atoms with Crippen LogP contribution in [-0.4, -0.2) is 38.4 Å². The standard InChI is InChI=1S/C14H22N2O2S/c1-11(2)13-6-4-5-7-14(13)19(17,18)16-9-8-15-10-12(16)3/h4-7,11-12,15H,8-10H2,1-3H3/t12-/m0/s1. The summed E-state index contributed by atoms with van der Waals surface area (Å²) in [7, 11) is -3.39. The molecule has 0 amide bonds. The molecule has 1 atom stereocenters. The first-order chi connectivity index (χ1) is 8.94. The molecule has 19 heavy (non-hydrogen) atoms. The molecule has 0 aromatic heterocycles. The van der Waals surface area contributed by atoms with Crippen LogP contribution in [0.25, 0.3) is 0 Å². The van der Waals surface area contributed by atoms with E-state index in [-0.39, 0.29) is 12.0 Å². The van der Waals surface area contributed by atoms with E-state index in [9.17, 15) is 8.42 Å². The maximum absolute atomic E-state index is 12.8. The monoisotopic (exact) mass is 282 g/mol. The number of hydrogen-bond acceptors (Lipinski definition) is 3. The van der Waals surface area contributed by atoms with Gasteiger partial charge < -0.3 is 5.32 Å². The molecule has 1 aliphatic heterocycles. The fraction of sp³-hybridized carbons (Fsp3) is 0.571. The second-order valence-corrected chi connectivity index (χ2v) is 7.22. The molecule has 0 spiro atoms. The van der Waals surface area contributed by atoms with Gasteiger partial charge in [-0.25, -0.2) is 8.42 Å². The van der Waals surface area contributed by atoms with E-state index in [0.717, 1.165) is 5.56 Å². The zero-order valence-electron chi connectivity index (χ0n) is 11.8. The molecular weight excluding hydrogens is 260 g/mol. The second-order valence-electron chi connectivity index (χ2n) is 5.36. The predicted octanol–water partition coefficient (Wildman–Crippen LogP) is 1.79. The van der Waals surface area contributed by atoms with Crippen molar-refractivity contribution in [1.82, 2.24) is 9.62 Å². The van der Waals surface area contributed by atoms with Crippen LogP contribution in [0.15, 0.2) is 29.2 Å². The summed E-state index contributed by atoms with van der Waals surface area (Å²) in [6, 6.07) is 7.32. The molecule has 1 aromatic carbocycles. The molecule has 106 valence electrons. The third kappa shape index (κ3) is 2.83. The number of sulfonamides is 1. The smallest absolute Gasteiger partial charge is 0.243 e. The molecule has 0 radical (unpaired) electrons. The highest BCUT2D eigenvalue weighted by atomic mass is 32.2. The molecule has 0 aliphatic carbocycles. The van der Waals surface area contributed by atoms with Crippen molar-refractivity contribution in [2.45, 2.75) is 37.6 Å². The van der Waals surface area contributed by atoms with Gasteiger partial charge >= 0.3 is 0 Å². The molecule has 1 aliphatic rings. The van der Waals surface area contributed by atoms with Crippen molar-refractivity contribution in [3.63, 3.8) is 0 Å². The summed E-state index contributed by atoms with van der Waals surface area (Å²) in [6.45, 7) is 7.96. The minimum Gasteiger partial charge on any atom is -0.314 e. The van der Waals surface area contributed by atoms with Gasteiger partial charge in [0, 0.05) is 25.7 Å². The Morgan fingerprint density at radius 1 is 1.32 bits per heavy atom. The van der Waals surface area contributed by atoms with Gasteiger partial charge in [0.1, 0.15) is 0 Å². The maximum atomic E-state index is 12.8. The van der Waals surface area contributed by atoms with Crippen molar-refractivity contribution in [3.8, 4) is 0 Å². The molecular formula is C14H22N2O2S. The highest BCUT2D eigenvalue weighted by molar-refractivity contribution is 7.89. The first kappa shape index (κ1) is 14.5. The third-order valence-electron chi connectivity index (χ3n) is 3.57. The quantitative estimate of drug-likeness (QED) is 0.919. The normalized spacial score (nSPS) is 21.8. The topological polar surface area (TPSA) is 49.4 Å². The van der Waals surface area contributed by atoms with Crippen molar-refractivity contribution < 1.29 is 8.42 Å². The molecule has 1 saturated heterocycles. The summed E-state index contributed by atoms with van der Waals surface area (Å²) >= 11 is 0. The van der Waals surface area contributed by atoms with Gasteiger partial charge in [-0.2, -0.15) is 4.31 Å². The number of nitrogens with zero attached hydrogens (tertiary/aromatic N) is 1. The number of benzene rings is 1. The van der Waals surface area contributed by atoms with E-state index in [0.29, 0.717) is 24.5 Å². The number of hydrogen-bond donors (Lipinski definition) is 1. The molecule has 1 heterocycles. The number of rotatable bonds is 3. The Morgan fingerprint density at radius 2 is 2.00 bits per heavy atom. The Kier molecular flexibility index (Phi) is 4.28. The average molecular weight is 282 g/mol. The van der Waals surface area contributed by atoms with E-state index < -0.39 is 10.0 Å². The Bertz CT molecular complexity index is 540. The molecule has 2 rings (SSSR count). The summed E-state index contributed by atoms with van der Waals surface area (Å²) in [5, 5.41) is 3.22. The van der Waals surface area contributed by atoms with Gasteiger partial charge in [-0.1, -0.05) is 32.0 Å². The van der Waals surface area contributed by atoms with Crippen LogP contribution in [-0.2, 0) is 10.0 Å². The Balaban J connectivity index is 2.44. The van der Waals surface area contributed by atoms with Crippen LogP contribution in [0.3, 0.4) is 0 Å². The minimum absolute atomic E-state index is 0.000955. The maximum Gasteiger partial charge on any atom is 0.243 e. The lowest BCUT2D eigenvalue weighted by atomic mass is 10.0. The summed E-state index contributed by atoms with van der Waals surface area (Å²) in [5.74, 6) is 0.198. The van der Waals surface area contributed by atoms with Gasteiger partial charge in [0.15, 0.2) is 0 Å².